The zero-order valence-electron chi connectivity index (χ0n) is 12.9. The van der Waals surface area contributed by atoms with E-state index in [4.69, 9.17) is 9.47 Å². The van der Waals surface area contributed by atoms with Crippen LogP contribution in [0.4, 0.5) is 10.2 Å². The zero-order chi connectivity index (χ0) is 15.5. The molecule has 0 aliphatic carbocycles. The predicted octanol–water partition coefficient (Wildman–Crippen LogP) is 2.64. The summed E-state index contributed by atoms with van der Waals surface area (Å²) in [6.07, 6.45) is 2.56. The summed E-state index contributed by atoms with van der Waals surface area (Å²) in [4.78, 5) is 10.8. The maximum atomic E-state index is 13.8. The molecule has 0 N–H and O–H groups in total. The number of methoxy groups -OCH3 is 1. The molecule has 3 rings (SSSR count). The molecule has 1 aromatic carbocycles. The van der Waals surface area contributed by atoms with Crippen LogP contribution in [0.15, 0.2) is 18.5 Å². The van der Waals surface area contributed by atoms with Crippen molar-refractivity contribution in [1.29, 1.82) is 0 Å². The average molecular weight is 305 g/mol. The molecule has 1 aliphatic heterocycles. The molecular weight excluding hydrogens is 285 g/mol. The number of ether oxygens (including phenoxy) is 2. The second-order valence-corrected chi connectivity index (χ2v) is 5.46. The van der Waals surface area contributed by atoms with Gasteiger partial charge in [-0.15, -0.1) is 0 Å². The normalized spacial score (nSPS) is 18.1. The number of halogens is 1. The predicted molar refractivity (Wildman–Crippen MR) is 82.9 cm³/mol. The van der Waals surface area contributed by atoms with Crippen LogP contribution in [-0.4, -0.2) is 43.4 Å². The molecule has 1 saturated heterocycles. The first kappa shape index (κ1) is 15.0. The van der Waals surface area contributed by atoms with E-state index in [-0.39, 0.29) is 5.75 Å². The van der Waals surface area contributed by atoms with Crippen molar-refractivity contribution >= 4 is 16.7 Å². The van der Waals surface area contributed by atoms with Crippen LogP contribution >= 0.6 is 0 Å². The third-order valence-corrected chi connectivity index (χ3v) is 4.03. The maximum Gasteiger partial charge on any atom is 0.167 e. The van der Waals surface area contributed by atoms with Crippen LogP contribution in [-0.2, 0) is 4.74 Å². The molecule has 5 nitrogen and oxygen atoms in total. The minimum atomic E-state index is -0.407. The molecule has 0 spiro atoms. The first-order valence-corrected chi connectivity index (χ1v) is 7.53. The first-order valence-electron chi connectivity index (χ1n) is 7.53. The highest BCUT2D eigenvalue weighted by molar-refractivity contribution is 5.90. The Balaban J connectivity index is 1.91. The van der Waals surface area contributed by atoms with Crippen molar-refractivity contribution in [3.63, 3.8) is 0 Å². The van der Waals surface area contributed by atoms with E-state index in [2.05, 4.69) is 14.9 Å². The fraction of sp³-hybridized carbons (Fsp3) is 0.500. The smallest absolute Gasteiger partial charge is 0.167 e. The Morgan fingerprint density at radius 1 is 1.36 bits per heavy atom. The number of rotatable bonds is 5. The third-order valence-electron chi connectivity index (χ3n) is 4.03. The topological polar surface area (TPSA) is 47.5 Å². The molecule has 118 valence electrons. The highest BCUT2D eigenvalue weighted by Gasteiger charge is 2.25. The van der Waals surface area contributed by atoms with Crippen LogP contribution in [0, 0.1) is 11.7 Å². The van der Waals surface area contributed by atoms with Gasteiger partial charge in [-0.05, 0) is 19.4 Å². The van der Waals surface area contributed by atoms with Crippen molar-refractivity contribution in [2.75, 3.05) is 38.3 Å². The Hall–Kier alpha value is -1.95. The summed E-state index contributed by atoms with van der Waals surface area (Å²) in [6, 6.07) is 3.07. The number of nitrogens with zero attached hydrogens (tertiary/aromatic N) is 3. The van der Waals surface area contributed by atoms with E-state index in [1.165, 1.54) is 19.5 Å². The largest absolute Gasteiger partial charge is 0.494 e. The van der Waals surface area contributed by atoms with Gasteiger partial charge in [0.25, 0.3) is 0 Å². The Morgan fingerprint density at radius 3 is 3.00 bits per heavy atom. The lowest BCUT2D eigenvalue weighted by Gasteiger charge is -2.19. The molecule has 1 aliphatic rings. The lowest BCUT2D eigenvalue weighted by Crippen LogP contribution is -2.22. The second-order valence-electron chi connectivity index (χ2n) is 5.46. The van der Waals surface area contributed by atoms with E-state index < -0.39 is 5.82 Å². The molecule has 0 radical (unpaired) electrons. The van der Waals surface area contributed by atoms with Gasteiger partial charge in [0.1, 0.15) is 12.1 Å². The standard InChI is InChI=1S/C16H20FN3O2/c1-3-22-9-11-4-5-20(8-11)16-12-6-15(21-2)13(17)7-14(12)18-10-19-16/h6-7,10-11H,3-5,8-9H2,1-2H3. The van der Waals surface area contributed by atoms with Crippen molar-refractivity contribution in [2.45, 2.75) is 13.3 Å². The second kappa shape index (κ2) is 6.44. The van der Waals surface area contributed by atoms with E-state index in [9.17, 15) is 4.39 Å². The summed E-state index contributed by atoms with van der Waals surface area (Å²) in [7, 11) is 1.46. The molecule has 1 aromatic heterocycles. The van der Waals surface area contributed by atoms with Crippen molar-refractivity contribution in [3.8, 4) is 5.75 Å². The Morgan fingerprint density at radius 2 is 2.23 bits per heavy atom. The van der Waals surface area contributed by atoms with Crippen LogP contribution in [0.1, 0.15) is 13.3 Å². The van der Waals surface area contributed by atoms with Crippen molar-refractivity contribution in [2.24, 2.45) is 5.92 Å². The summed E-state index contributed by atoms with van der Waals surface area (Å²) in [5.41, 5.74) is 0.594. The van der Waals surface area contributed by atoms with Crippen LogP contribution < -0.4 is 9.64 Å². The van der Waals surface area contributed by atoms with Gasteiger partial charge in [0.15, 0.2) is 11.6 Å². The Kier molecular flexibility index (Phi) is 4.38. The minimum Gasteiger partial charge on any atom is -0.494 e. The molecule has 22 heavy (non-hydrogen) atoms. The summed E-state index contributed by atoms with van der Waals surface area (Å²) < 4.78 is 24.4. The van der Waals surface area contributed by atoms with Crippen LogP contribution in [0.25, 0.3) is 10.9 Å². The summed E-state index contributed by atoms with van der Waals surface area (Å²) in [5.74, 6) is 1.15. The molecule has 0 amide bonds. The number of anilines is 1. The van der Waals surface area contributed by atoms with E-state index in [1.54, 1.807) is 6.07 Å². The summed E-state index contributed by atoms with van der Waals surface area (Å²) in [5, 5.41) is 0.817. The highest BCUT2D eigenvalue weighted by Crippen LogP contribution is 2.31. The summed E-state index contributed by atoms with van der Waals surface area (Å²) in [6.45, 7) is 5.33. The first-order chi connectivity index (χ1) is 10.7. The lowest BCUT2D eigenvalue weighted by atomic mass is 10.1. The van der Waals surface area contributed by atoms with Gasteiger partial charge in [-0.2, -0.15) is 0 Å². The quantitative estimate of drug-likeness (QED) is 0.850. The molecule has 1 unspecified atom stereocenters. The van der Waals surface area contributed by atoms with Gasteiger partial charge < -0.3 is 14.4 Å². The Bertz CT molecular complexity index is 665. The number of benzene rings is 1. The maximum absolute atomic E-state index is 13.8. The van der Waals surface area contributed by atoms with Gasteiger partial charge in [-0.25, -0.2) is 14.4 Å². The monoisotopic (exact) mass is 305 g/mol. The van der Waals surface area contributed by atoms with Crippen molar-refractivity contribution in [3.05, 3.63) is 24.3 Å². The number of aromatic nitrogens is 2. The van der Waals surface area contributed by atoms with E-state index >= 15 is 0 Å². The van der Waals surface area contributed by atoms with Crippen molar-refractivity contribution in [1.82, 2.24) is 9.97 Å². The third kappa shape index (κ3) is 2.83. The van der Waals surface area contributed by atoms with E-state index in [0.717, 1.165) is 43.9 Å². The molecule has 6 heteroatoms. The van der Waals surface area contributed by atoms with Gasteiger partial charge in [0.05, 0.1) is 19.2 Å². The van der Waals surface area contributed by atoms with Gasteiger partial charge >= 0.3 is 0 Å². The average Bonchev–Trinajstić information content (AvgIpc) is 3.00. The molecule has 2 aromatic rings. The SMILES string of the molecule is CCOCC1CCN(c2ncnc3cc(F)c(OC)cc23)C1. The van der Waals surface area contributed by atoms with Crippen LogP contribution in [0.2, 0.25) is 0 Å². The molecular formula is C16H20FN3O2. The van der Waals surface area contributed by atoms with E-state index in [0.29, 0.717) is 11.4 Å². The van der Waals surface area contributed by atoms with Crippen LogP contribution in [0.3, 0.4) is 0 Å². The number of fused-ring (bicyclic) bond motifs is 1. The fourth-order valence-corrected chi connectivity index (χ4v) is 2.90. The molecule has 2 heterocycles. The van der Waals surface area contributed by atoms with Crippen molar-refractivity contribution < 1.29 is 13.9 Å². The zero-order valence-corrected chi connectivity index (χ0v) is 12.9. The molecule has 0 saturated carbocycles. The number of hydrogen-bond acceptors (Lipinski definition) is 5. The van der Waals surface area contributed by atoms with E-state index in [1.807, 2.05) is 6.92 Å². The molecule has 0 bridgehead atoms. The Labute approximate surface area is 129 Å². The summed E-state index contributed by atoms with van der Waals surface area (Å²) >= 11 is 0. The van der Waals surface area contributed by atoms with Gasteiger partial charge in [0.2, 0.25) is 0 Å². The lowest BCUT2D eigenvalue weighted by molar-refractivity contribution is 0.117. The van der Waals surface area contributed by atoms with Gasteiger partial charge in [0, 0.05) is 37.1 Å². The molecule has 1 fully saturated rings. The number of hydrogen-bond donors (Lipinski definition) is 0. The van der Waals surface area contributed by atoms with Gasteiger partial charge in [-0.3, -0.25) is 0 Å². The highest BCUT2D eigenvalue weighted by atomic mass is 19.1. The molecule has 1 atom stereocenters. The minimum absolute atomic E-state index is 0.216. The van der Waals surface area contributed by atoms with Crippen LogP contribution in [0.5, 0.6) is 5.75 Å². The fourth-order valence-electron chi connectivity index (χ4n) is 2.90. The van der Waals surface area contributed by atoms with Gasteiger partial charge in [-0.1, -0.05) is 0 Å².